The predicted octanol–water partition coefficient (Wildman–Crippen LogP) is 1.31. The van der Waals surface area contributed by atoms with E-state index in [2.05, 4.69) is 21.4 Å². The molecular formula is C14H16N4O. The van der Waals surface area contributed by atoms with Crippen LogP contribution in [0, 0.1) is 0 Å². The Labute approximate surface area is 111 Å². The molecule has 1 aromatic carbocycles. The smallest absolute Gasteiger partial charge is 0.231 e. The van der Waals surface area contributed by atoms with Crippen LogP contribution in [0.3, 0.4) is 0 Å². The molecule has 0 fully saturated rings. The number of carbonyl (C=O) groups is 1. The number of amides is 1. The van der Waals surface area contributed by atoms with Gasteiger partial charge in [-0.15, -0.1) is 0 Å². The summed E-state index contributed by atoms with van der Waals surface area (Å²) in [5, 5.41) is 3.11. The second-order valence-corrected chi connectivity index (χ2v) is 4.73. The molecule has 98 valence electrons. The topological polar surface area (TPSA) is 61.0 Å². The SMILES string of the molecule is CNCc1[nH]cnc1-c1ccc2c(c1)CC(=O)N2C. The number of hydrogen-bond acceptors (Lipinski definition) is 3. The Kier molecular flexibility index (Phi) is 2.83. The standard InChI is InChI=1S/C14H16N4O/c1-15-7-11-14(17-8-16-11)9-3-4-12-10(5-9)6-13(19)18(12)2/h3-5,8,15H,6-7H2,1-2H3,(H,16,17). The minimum atomic E-state index is 0.143. The molecule has 1 aromatic heterocycles. The van der Waals surface area contributed by atoms with E-state index in [9.17, 15) is 4.79 Å². The van der Waals surface area contributed by atoms with E-state index >= 15 is 0 Å². The van der Waals surface area contributed by atoms with Crippen LogP contribution < -0.4 is 10.2 Å². The first-order valence-corrected chi connectivity index (χ1v) is 6.27. The Bertz CT molecular complexity index is 632. The molecule has 1 aliphatic heterocycles. The van der Waals surface area contributed by atoms with Gasteiger partial charge in [0.2, 0.25) is 5.91 Å². The number of carbonyl (C=O) groups excluding carboxylic acids is 1. The molecule has 0 spiro atoms. The van der Waals surface area contributed by atoms with Crippen molar-refractivity contribution in [1.29, 1.82) is 0 Å². The molecule has 19 heavy (non-hydrogen) atoms. The van der Waals surface area contributed by atoms with Crippen LogP contribution in [0.1, 0.15) is 11.3 Å². The summed E-state index contributed by atoms with van der Waals surface area (Å²) < 4.78 is 0. The largest absolute Gasteiger partial charge is 0.347 e. The number of nitrogens with zero attached hydrogens (tertiary/aromatic N) is 2. The number of benzene rings is 1. The number of H-pyrrole nitrogens is 1. The third-order valence-electron chi connectivity index (χ3n) is 3.50. The number of aromatic nitrogens is 2. The van der Waals surface area contributed by atoms with Crippen molar-refractivity contribution < 1.29 is 4.79 Å². The van der Waals surface area contributed by atoms with Crippen LogP contribution in [0.15, 0.2) is 24.5 Å². The van der Waals surface area contributed by atoms with E-state index in [1.807, 2.05) is 26.2 Å². The fourth-order valence-electron chi connectivity index (χ4n) is 2.50. The molecule has 2 aromatic rings. The lowest BCUT2D eigenvalue weighted by Crippen LogP contribution is -2.20. The van der Waals surface area contributed by atoms with E-state index in [1.165, 1.54) is 0 Å². The Morgan fingerprint density at radius 2 is 2.32 bits per heavy atom. The monoisotopic (exact) mass is 256 g/mol. The Balaban J connectivity index is 2.02. The summed E-state index contributed by atoms with van der Waals surface area (Å²) in [5.74, 6) is 0.143. The van der Waals surface area contributed by atoms with E-state index in [1.54, 1.807) is 11.2 Å². The van der Waals surface area contributed by atoms with Gasteiger partial charge in [0.1, 0.15) is 0 Å². The van der Waals surface area contributed by atoms with Crippen LogP contribution in [-0.4, -0.2) is 30.0 Å². The highest BCUT2D eigenvalue weighted by Gasteiger charge is 2.24. The van der Waals surface area contributed by atoms with E-state index in [4.69, 9.17) is 0 Å². The molecule has 5 heteroatoms. The van der Waals surface area contributed by atoms with Crippen molar-refractivity contribution in [1.82, 2.24) is 15.3 Å². The summed E-state index contributed by atoms with van der Waals surface area (Å²) in [7, 11) is 3.72. The quantitative estimate of drug-likeness (QED) is 0.870. The van der Waals surface area contributed by atoms with Crippen LogP contribution in [0.5, 0.6) is 0 Å². The summed E-state index contributed by atoms with van der Waals surface area (Å²) >= 11 is 0. The number of rotatable bonds is 3. The molecule has 1 amide bonds. The number of anilines is 1. The van der Waals surface area contributed by atoms with Gasteiger partial charge in [0.15, 0.2) is 0 Å². The fourth-order valence-corrected chi connectivity index (χ4v) is 2.50. The molecule has 5 nitrogen and oxygen atoms in total. The van der Waals surface area contributed by atoms with Crippen LogP contribution >= 0.6 is 0 Å². The predicted molar refractivity (Wildman–Crippen MR) is 73.9 cm³/mol. The van der Waals surface area contributed by atoms with Gasteiger partial charge < -0.3 is 15.2 Å². The van der Waals surface area contributed by atoms with E-state index in [0.29, 0.717) is 6.42 Å². The Morgan fingerprint density at radius 3 is 3.11 bits per heavy atom. The lowest BCUT2D eigenvalue weighted by Gasteiger charge is -2.10. The van der Waals surface area contributed by atoms with Crippen LogP contribution in [-0.2, 0) is 17.8 Å². The molecule has 0 bridgehead atoms. The van der Waals surface area contributed by atoms with Crippen molar-refractivity contribution in [2.24, 2.45) is 0 Å². The average Bonchev–Trinajstić information content (AvgIpc) is 2.96. The number of fused-ring (bicyclic) bond motifs is 1. The van der Waals surface area contributed by atoms with Gasteiger partial charge in [-0.2, -0.15) is 0 Å². The van der Waals surface area contributed by atoms with Gasteiger partial charge in [-0.3, -0.25) is 4.79 Å². The molecule has 0 aliphatic carbocycles. The van der Waals surface area contributed by atoms with Crippen molar-refractivity contribution in [2.45, 2.75) is 13.0 Å². The molecule has 0 unspecified atom stereocenters. The highest BCUT2D eigenvalue weighted by molar-refractivity contribution is 6.01. The average molecular weight is 256 g/mol. The van der Waals surface area contributed by atoms with Gasteiger partial charge >= 0.3 is 0 Å². The van der Waals surface area contributed by atoms with Crippen molar-refractivity contribution in [2.75, 3.05) is 19.0 Å². The molecule has 2 N–H and O–H groups in total. The minimum absolute atomic E-state index is 0.143. The minimum Gasteiger partial charge on any atom is -0.347 e. The highest BCUT2D eigenvalue weighted by Crippen LogP contribution is 2.32. The van der Waals surface area contributed by atoms with Gasteiger partial charge in [-0.1, -0.05) is 6.07 Å². The lowest BCUT2D eigenvalue weighted by molar-refractivity contribution is -0.117. The van der Waals surface area contributed by atoms with E-state index in [-0.39, 0.29) is 5.91 Å². The molecule has 0 saturated carbocycles. The number of nitrogens with one attached hydrogen (secondary N) is 2. The zero-order valence-corrected chi connectivity index (χ0v) is 11.0. The first-order chi connectivity index (χ1) is 9.20. The van der Waals surface area contributed by atoms with Gasteiger partial charge in [0.05, 0.1) is 24.1 Å². The molecule has 0 radical (unpaired) electrons. The van der Waals surface area contributed by atoms with Gasteiger partial charge in [0.25, 0.3) is 0 Å². The second kappa shape index (κ2) is 4.51. The van der Waals surface area contributed by atoms with Gasteiger partial charge in [-0.25, -0.2) is 4.98 Å². The Morgan fingerprint density at radius 1 is 1.47 bits per heavy atom. The number of hydrogen-bond donors (Lipinski definition) is 2. The van der Waals surface area contributed by atoms with Crippen molar-refractivity contribution in [3.05, 3.63) is 35.8 Å². The van der Waals surface area contributed by atoms with Crippen molar-refractivity contribution in [3.8, 4) is 11.3 Å². The third-order valence-corrected chi connectivity index (χ3v) is 3.50. The normalized spacial score (nSPS) is 14.0. The molecule has 1 aliphatic rings. The van der Waals surface area contributed by atoms with Gasteiger partial charge in [0, 0.05) is 24.8 Å². The summed E-state index contributed by atoms with van der Waals surface area (Å²) in [6.07, 6.45) is 2.18. The molecule has 0 saturated heterocycles. The van der Waals surface area contributed by atoms with E-state index < -0.39 is 0 Å². The first-order valence-electron chi connectivity index (χ1n) is 6.27. The van der Waals surface area contributed by atoms with Gasteiger partial charge in [-0.05, 0) is 24.7 Å². The van der Waals surface area contributed by atoms with E-state index in [0.717, 1.165) is 34.7 Å². The lowest BCUT2D eigenvalue weighted by atomic mass is 10.0. The summed E-state index contributed by atoms with van der Waals surface area (Å²) in [4.78, 5) is 20.9. The number of imidazole rings is 1. The maximum atomic E-state index is 11.7. The fraction of sp³-hybridized carbons (Fsp3) is 0.286. The Hall–Kier alpha value is -2.14. The molecule has 2 heterocycles. The van der Waals surface area contributed by atoms with Crippen LogP contribution in [0.2, 0.25) is 0 Å². The number of likely N-dealkylation sites (N-methyl/N-ethyl adjacent to an activating group) is 1. The molecule has 3 rings (SSSR count). The zero-order chi connectivity index (χ0) is 13.4. The first kappa shape index (κ1) is 11.9. The highest BCUT2D eigenvalue weighted by atomic mass is 16.2. The van der Waals surface area contributed by atoms with Crippen molar-refractivity contribution in [3.63, 3.8) is 0 Å². The maximum absolute atomic E-state index is 11.7. The summed E-state index contributed by atoms with van der Waals surface area (Å²) in [6, 6.07) is 6.07. The second-order valence-electron chi connectivity index (χ2n) is 4.73. The zero-order valence-electron chi connectivity index (χ0n) is 11.0. The van der Waals surface area contributed by atoms with Crippen LogP contribution in [0.25, 0.3) is 11.3 Å². The van der Waals surface area contributed by atoms with Crippen molar-refractivity contribution >= 4 is 11.6 Å². The maximum Gasteiger partial charge on any atom is 0.231 e. The third kappa shape index (κ3) is 1.92. The number of aromatic amines is 1. The summed E-state index contributed by atoms with van der Waals surface area (Å²) in [6.45, 7) is 0.741. The van der Waals surface area contributed by atoms with Crippen LogP contribution in [0.4, 0.5) is 5.69 Å². The summed E-state index contributed by atoms with van der Waals surface area (Å²) in [5.41, 5.74) is 5.12. The molecule has 0 atom stereocenters. The molecular weight excluding hydrogens is 240 g/mol.